The lowest BCUT2D eigenvalue weighted by Crippen LogP contribution is -2.17. The van der Waals surface area contributed by atoms with Gasteiger partial charge < -0.3 is 9.72 Å². The topological polar surface area (TPSA) is 50.8 Å². The van der Waals surface area contributed by atoms with E-state index in [0.29, 0.717) is 12.5 Å². The monoisotopic (exact) mass is 219 g/mol. The van der Waals surface area contributed by atoms with Crippen LogP contribution in [0.15, 0.2) is 12.3 Å². The van der Waals surface area contributed by atoms with Crippen LogP contribution >= 0.6 is 0 Å². The molecule has 0 aliphatic carbocycles. The first-order valence-corrected chi connectivity index (χ1v) is 5.40. The molecule has 0 saturated heterocycles. The number of nitrogens with one attached hydrogen (secondary N) is 1. The zero-order valence-corrected chi connectivity index (χ0v) is 10.2. The van der Waals surface area contributed by atoms with Gasteiger partial charge in [-0.15, -0.1) is 0 Å². The summed E-state index contributed by atoms with van der Waals surface area (Å²) in [6, 6.07) is 1.94. The lowest BCUT2D eigenvalue weighted by atomic mass is 9.99. The Hall–Kier alpha value is -1.58. The van der Waals surface area contributed by atoms with Crippen molar-refractivity contribution in [3.8, 4) is 5.88 Å². The summed E-state index contributed by atoms with van der Waals surface area (Å²) in [6.07, 6.45) is 1.85. The zero-order valence-electron chi connectivity index (χ0n) is 10.2. The Morgan fingerprint density at radius 2 is 2.06 bits per heavy atom. The number of fused-ring (bicyclic) bond motifs is 1. The second-order valence-electron chi connectivity index (χ2n) is 5.17. The number of hydrogen-bond acceptors (Lipinski definition) is 3. The van der Waals surface area contributed by atoms with Crippen LogP contribution in [0.3, 0.4) is 0 Å². The molecule has 2 aromatic rings. The number of aromatic amines is 1. The minimum atomic E-state index is 0.126. The molecule has 0 amide bonds. The maximum absolute atomic E-state index is 5.75. The highest BCUT2D eigenvalue weighted by Gasteiger charge is 2.14. The fraction of sp³-hybridized carbons (Fsp3) is 0.500. The zero-order chi connectivity index (χ0) is 11.8. The molecule has 86 valence electrons. The predicted octanol–water partition coefficient (Wildman–Crippen LogP) is 2.69. The van der Waals surface area contributed by atoms with Gasteiger partial charge in [0, 0.05) is 6.20 Å². The number of hydrogen-bond donors (Lipinski definition) is 1. The van der Waals surface area contributed by atoms with E-state index in [0.717, 1.165) is 16.9 Å². The van der Waals surface area contributed by atoms with Crippen molar-refractivity contribution in [2.24, 2.45) is 5.41 Å². The molecule has 2 aromatic heterocycles. The molecule has 0 bridgehead atoms. The van der Waals surface area contributed by atoms with Crippen molar-refractivity contribution >= 4 is 11.0 Å². The third-order valence-electron chi connectivity index (χ3n) is 2.13. The molecule has 4 heteroatoms. The number of rotatable bonds is 2. The number of H-pyrrole nitrogens is 1. The van der Waals surface area contributed by atoms with Crippen LogP contribution in [0.5, 0.6) is 5.88 Å². The highest BCUT2D eigenvalue weighted by molar-refractivity contribution is 5.80. The minimum Gasteiger partial charge on any atom is -0.477 e. The number of ether oxygens (including phenoxy) is 1. The van der Waals surface area contributed by atoms with Gasteiger partial charge in [0.1, 0.15) is 11.5 Å². The molecule has 2 rings (SSSR count). The number of aromatic nitrogens is 3. The molecule has 0 atom stereocenters. The third-order valence-corrected chi connectivity index (χ3v) is 2.13. The summed E-state index contributed by atoms with van der Waals surface area (Å²) in [5.74, 6) is 1.39. The molecule has 4 nitrogen and oxygen atoms in total. The van der Waals surface area contributed by atoms with Crippen molar-refractivity contribution in [2.45, 2.75) is 27.7 Å². The van der Waals surface area contributed by atoms with Crippen molar-refractivity contribution in [1.29, 1.82) is 0 Å². The SMILES string of the molecule is Cc1nc(OCC(C)(C)C)c2cc[nH]c2n1. The first-order valence-electron chi connectivity index (χ1n) is 5.40. The Kier molecular flexibility index (Phi) is 2.58. The largest absolute Gasteiger partial charge is 0.477 e. The lowest BCUT2D eigenvalue weighted by Gasteiger charge is -2.18. The molecular weight excluding hydrogens is 202 g/mol. The van der Waals surface area contributed by atoms with E-state index in [9.17, 15) is 0 Å². The molecule has 0 radical (unpaired) electrons. The van der Waals surface area contributed by atoms with Gasteiger partial charge in [0.15, 0.2) is 0 Å². The van der Waals surface area contributed by atoms with Crippen molar-refractivity contribution < 1.29 is 4.74 Å². The van der Waals surface area contributed by atoms with Crippen LogP contribution in [-0.4, -0.2) is 21.6 Å². The molecule has 0 fully saturated rings. The third kappa shape index (κ3) is 2.32. The summed E-state index contributed by atoms with van der Waals surface area (Å²) in [7, 11) is 0. The van der Waals surface area contributed by atoms with Crippen molar-refractivity contribution in [1.82, 2.24) is 15.0 Å². The fourth-order valence-electron chi connectivity index (χ4n) is 1.41. The van der Waals surface area contributed by atoms with Crippen molar-refractivity contribution in [3.05, 3.63) is 18.1 Å². The van der Waals surface area contributed by atoms with Crippen LogP contribution in [0.2, 0.25) is 0 Å². The molecule has 0 saturated carbocycles. The summed E-state index contributed by atoms with van der Waals surface area (Å²) in [6.45, 7) is 8.91. The number of nitrogens with zero attached hydrogens (tertiary/aromatic N) is 2. The summed E-state index contributed by atoms with van der Waals surface area (Å²) in [5.41, 5.74) is 0.956. The number of aryl methyl sites for hydroxylation is 1. The highest BCUT2D eigenvalue weighted by atomic mass is 16.5. The average Bonchev–Trinajstić information content (AvgIpc) is 2.60. The van der Waals surface area contributed by atoms with Gasteiger partial charge in [-0.3, -0.25) is 0 Å². The van der Waals surface area contributed by atoms with Crippen LogP contribution < -0.4 is 4.74 Å². The average molecular weight is 219 g/mol. The van der Waals surface area contributed by atoms with Gasteiger partial charge in [0.2, 0.25) is 5.88 Å². The van der Waals surface area contributed by atoms with Gasteiger partial charge in [-0.2, -0.15) is 4.98 Å². The second-order valence-corrected chi connectivity index (χ2v) is 5.17. The molecule has 0 aromatic carbocycles. The van der Waals surface area contributed by atoms with E-state index in [-0.39, 0.29) is 5.41 Å². The molecule has 1 N–H and O–H groups in total. The first kappa shape index (κ1) is 10.9. The maximum Gasteiger partial charge on any atom is 0.226 e. The van der Waals surface area contributed by atoms with E-state index in [1.54, 1.807) is 0 Å². The van der Waals surface area contributed by atoms with E-state index in [1.807, 2.05) is 19.2 Å². The Morgan fingerprint density at radius 1 is 1.31 bits per heavy atom. The molecule has 16 heavy (non-hydrogen) atoms. The van der Waals surface area contributed by atoms with Crippen LogP contribution in [0.1, 0.15) is 26.6 Å². The van der Waals surface area contributed by atoms with Crippen LogP contribution in [0, 0.1) is 12.3 Å². The smallest absolute Gasteiger partial charge is 0.226 e. The van der Waals surface area contributed by atoms with Gasteiger partial charge in [0.25, 0.3) is 0 Å². The minimum absolute atomic E-state index is 0.126. The molecule has 0 unspecified atom stereocenters. The standard InChI is InChI=1S/C12H17N3O/c1-8-14-10-9(5-6-13-10)11(15-8)16-7-12(2,3)4/h5-6H,7H2,1-4H3,(H,13,14,15). The summed E-state index contributed by atoms with van der Waals surface area (Å²) in [4.78, 5) is 11.7. The van der Waals surface area contributed by atoms with Crippen LogP contribution in [0.4, 0.5) is 0 Å². The molecule has 0 aliphatic heterocycles. The van der Waals surface area contributed by atoms with E-state index < -0.39 is 0 Å². The maximum atomic E-state index is 5.75. The lowest BCUT2D eigenvalue weighted by molar-refractivity contribution is 0.193. The van der Waals surface area contributed by atoms with E-state index >= 15 is 0 Å². The summed E-state index contributed by atoms with van der Waals surface area (Å²) < 4.78 is 5.75. The predicted molar refractivity (Wildman–Crippen MR) is 63.6 cm³/mol. The second kappa shape index (κ2) is 3.77. The van der Waals surface area contributed by atoms with Gasteiger partial charge in [-0.05, 0) is 18.4 Å². The molecule has 2 heterocycles. The van der Waals surface area contributed by atoms with E-state index in [2.05, 4.69) is 35.7 Å². The van der Waals surface area contributed by atoms with Gasteiger partial charge in [0.05, 0.1) is 12.0 Å². The van der Waals surface area contributed by atoms with Crippen molar-refractivity contribution in [3.63, 3.8) is 0 Å². The molecule has 0 aliphatic rings. The molecule has 0 spiro atoms. The Labute approximate surface area is 95.1 Å². The first-order chi connectivity index (χ1) is 7.46. The van der Waals surface area contributed by atoms with Crippen LogP contribution in [0.25, 0.3) is 11.0 Å². The Morgan fingerprint density at radius 3 is 2.75 bits per heavy atom. The fourth-order valence-corrected chi connectivity index (χ4v) is 1.41. The Balaban J connectivity index is 2.32. The van der Waals surface area contributed by atoms with Gasteiger partial charge in [-0.1, -0.05) is 20.8 Å². The van der Waals surface area contributed by atoms with Crippen LogP contribution in [-0.2, 0) is 0 Å². The highest BCUT2D eigenvalue weighted by Crippen LogP contribution is 2.23. The van der Waals surface area contributed by atoms with Gasteiger partial charge >= 0.3 is 0 Å². The van der Waals surface area contributed by atoms with E-state index in [1.165, 1.54) is 0 Å². The summed E-state index contributed by atoms with van der Waals surface area (Å²) in [5, 5.41) is 0.940. The quantitative estimate of drug-likeness (QED) is 0.844. The summed E-state index contributed by atoms with van der Waals surface area (Å²) >= 11 is 0. The normalized spacial score (nSPS) is 12.0. The Bertz CT molecular complexity index is 496. The van der Waals surface area contributed by atoms with Gasteiger partial charge in [-0.25, -0.2) is 4.98 Å². The van der Waals surface area contributed by atoms with E-state index in [4.69, 9.17) is 4.74 Å². The van der Waals surface area contributed by atoms with Crippen molar-refractivity contribution in [2.75, 3.05) is 6.61 Å². The molecular formula is C12H17N3O.